The van der Waals surface area contributed by atoms with E-state index in [0.717, 1.165) is 12.8 Å². The maximum absolute atomic E-state index is 12.1. The van der Waals surface area contributed by atoms with Gasteiger partial charge in [0, 0.05) is 12.6 Å². The van der Waals surface area contributed by atoms with Crippen LogP contribution in [0.1, 0.15) is 32.6 Å². The molecule has 2 amide bonds. The number of nitrogens with one attached hydrogen (secondary N) is 2. The van der Waals surface area contributed by atoms with Crippen LogP contribution in [0.4, 0.5) is 11.4 Å². The van der Waals surface area contributed by atoms with Crippen molar-refractivity contribution in [3.63, 3.8) is 0 Å². The Morgan fingerprint density at radius 2 is 1.90 bits per heavy atom. The number of benzene rings is 1. The molecule has 0 spiro atoms. The van der Waals surface area contributed by atoms with E-state index < -0.39 is 11.5 Å². The van der Waals surface area contributed by atoms with Crippen LogP contribution in [0.25, 0.3) is 0 Å². The fraction of sp³-hybridized carbons (Fsp3) is 0.429. The van der Waals surface area contributed by atoms with Gasteiger partial charge in [0.2, 0.25) is 5.91 Å². The molecular weight excluding hydrogens is 280 g/mol. The first-order valence-electron chi connectivity index (χ1n) is 6.52. The van der Waals surface area contributed by atoms with Gasteiger partial charge in [-0.2, -0.15) is 0 Å². The second kappa shape index (κ2) is 5.81. The van der Waals surface area contributed by atoms with E-state index in [1.54, 1.807) is 18.2 Å². The quantitative estimate of drug-likeness (QED) is 0.802. The van der Waals surface area contributed by atoms with Crippen LogP contribution in [0.15, 0.2) is 18.2 Å². The van der Waals surface area contributed by atoms with Crippen LogP contribution >= 0.6 is 11.6 Å². The zero-order chi connectivity index (χ0) is 14.8. The molecule has 108 valence electrons. The predicted octanol–water partition coefficient (Wildman–Crippen LogP) is 2.54. The number of amides is 2. The number of halogens is 1. The molecule has 0 saturated heterocycles. The van der Waals surface area contributed by atoms with Gasteiger partial charge in [-0.3, -0.25) is 9.59 Å². The summed E-state index contributed by atoms with van der Waals surface area (Å²) in [5.74, 6) is -0.657. The number of carbonyl (C=O) groups is 2. The molecule has 1 saturated carbocycles. The minimum absolute atomic E-state index is 0.209. The van der Waals surface area contributed by atoms with Crippen LogP contribution < -0.4 is 10.6 Å². The van der Waals surface area contributed by atoms with E-state index in [2.05, 4.69) is 10.6 Å². The topological polar surface area (TPSA) is 78.4 Å². The van der Waals surface area contributed by atoms with Crippen LogP contribution in [0.3, 0.4) is 0 Å². The van der Waals surface area contributed by atoms with Gasteiger partial charge in [0.05, 0.1) is 10.7 Å². The summed E-state index contributed by atoms with van der Waals surface area (Å²) in [5, 5.41) is 15.8. The van der Waals surface area contributed by atoms with Gasteiger partial charge in [0.25, 0.3) is 5.91 Å². The Morgan fingerprint density at radius 1 is 1.25 bits per heavy atom. The average molecular weight is 297 g/mol. The van der Waals surface area contributed by atoms with E-state index in [1.807, 2.05) is 0 Å². The van der Waals surface area contributed by atoms with Crippen molar-refractivity contribution in [3.8, 4) is 0 Å². The molecule has 0 unspecified atom stereocenters. The molecule has 1 aliphatic rings. The minimum atomic E-state index is -1.31. The van der Waals surface area contributed by atoms with Gasteiger partial charge >= 0.3 is 0 Å². The summed E-state index contributed by atoms with van der Waals surface area (Å²) < 4.78 is 0. The lowest BCUT2D eigenvalue weighted by Gasteiger charge is -2.21. The summed E-state index contributed by atoms with van der Waals surface area (Å²) in [7, 11) is 0. The molecule has 0 radical (unpaired) electrons. The highest BCUT2D eigenvalue weighted by Crippen LogP contribution is 2.32. The van der Waals surface area contributed by atoms with Gasteiger partial charge in [-0.1, -0.05) is 11.6 Å². The van der Waals surface area contributed by atoms with Crippen molar-refractivity contribution in [1.29, 1.82) is 0 Å². The van der Waals surface area contributed by atoms with Crippen LogP contribution in [0.2, 0.25) is 5.02 Å². The van der Waals surface area contributed by atoms with E-state index in [4.69, 9.17) is 11.6 Å². The van der Waals surface area contributed by atoms with Crippen molar-refractivity contribution in [2.24, 2.45) is 0 Å². The van der Waals surface area contributed by atoms with Crippen molar-refractivity contribution in [2.75, 3.05) is 10.6 Å². The van der Waals surface area contributed by atoms with Crippen molar-refractivity contribution in [2.45, 2.75) is 38.2 Å². The monoisotopic (exact) mass is 296 g/mol. The molecule has 0 atom stereocenters. The van der Waals surface area contributed by atoms with Gasteiger partial charge in [0.15, 0.2) is 0 Å². The first kappa shape index (κ1) is 14.8. The maximum atomic E-state index is 12.1. The molecule has 1 aromatic carbocycles. The Hall–Kier alpha value is -1.59. The second-order valence-electron chi connectivity index (χ2n) is 5.07. The Morgan fingerprint density at radius 3 is 2.50 bits per heavy atom. The molecule has 6 heteroatoms. The largest absolute Gasteiger partial charge is 0.380 e. The molecule has 3 N–H and O–H groups in total. The van der Waals surface area contributed by atoms with E-state index in [1.165, 1.54) is 6.92 Å². The number of hydrogen-bond donors (Lipinski definition) is 3. The zero-order valence-corrected chi connectivity index (χ0v) is 12.0. The summed E-state index contributed by atoms with van der Waals surface area (Å²) in [6.07, 6.45) is 2.59. The number of anilines is 2. The Kier molecular flexibility index (Phi) is 4.30. The summed E-state index contributed by atoms with van der Waals surface area (Å²) >= 11 is 6.02. The normalized spacial score (nSPS) is 16.8. The van der Waals surface area contributed by atoms with Crippen LogP contribution in [-0.2, 0) is 9.59 Å². The number of carbonyl (C=O) groups excluding carboxylic acids is 2. The molecule has 0 heterocycles. The molecule has 2 rings (SSSR count). The van der Waals surface area contributed by atoms with Crippen LogP contribution in [-0.4, -0.2) is 22.5 Å². The molecule has 0 aliphatic heterocycles. The third kappa shape index (κ3) is 3.29. The average Bonchev–Trinajstić information content (AvgIpc) is 2.81. The summed E-state index contributed by atoms with van der Waals surface area (Å²) in [6.45, 7) is 1.40. The predicted molar refractivity (Wildman–Crippen MR) is 77.8 cm³/mol. The van der Waals surface area contributed by atoms with Gasteiger partial charge in [-0.05, 0) is 43.9 Å². The highest BCUT2D eigenvalue weighted by molar-refractivity contribution is 6.34. The van der Waals surface area contributed by atoms with Gasteiger partial charge in [-0.15, -0.1) is 0 Å². The number of rotatable bonds is 3. The lowest BCUT2D eigenvalue weighted by Crippen LogP contribution is -2.40. The lowest BCUT2D eigenvalue weighted by molar-refractivity contribution is -0.133. The SMILES string of the molecule is CC(=O)Nc1ccc(Cl)c(NC(=O)C2(O)CCCC2)c1. The Labute approximate surface area is 122 Å². The molecule has 0 aromatic heterocycles. The molecule has 1 aromatic rings. The molecular formula is C14H17ClN2O3. The maximum Gasteiger partial charge on any atom is 0.256 e. The first-order chi connectivity index (χ1) is 9.40. The van der Waals surface area contributed by atoms with Crippen LogP contribution in [0.5, 0.6) is 0 Å². The minimum Gasteiger partial charge on any atom is -0.380 e. The van der Waals surface area contributed by atoms with Crippen LogP contribution in [0, 0.1) is 0 Å². The van der Waals surface area contributed by atoms with Crippen molar-refractivity contribution in [3.05, 3.63) is 23.2 Å². The summed E-state index contributed by atoms with van der Waals surface area (Å²) in [5.41, 5.74) is -0.397. The van der Waals surface area contributed by atoms with E-state index in [0.29, 0.717) is 29.2 Å². The first-order valence-corrected chi connectivity index (χ1v) is 6.89. The summed E-state index contributed by atoms with van der Waals surface area (Å²) in [6, 6.07) is 4.80. The molecule has 20 heavy (non-hydrogen) atoms. The highest BCUT2D eigenvalue weighted by atomic mass is 35.5. The van der Waals surface area contributed by atoms with Crippen molar-refractivity contribution in [1.82, 2.24) is 0 Å². The van der Waals surface area contributed by atoms with E-state index in [9.17, 15) is 14.7 Å². The third-order valence-electron chi connectivity index (χ3n) is 3.39. The Bertz CT molecular complexity index is 539. The molecule has 1 aliphatic carbocycles. The lowest BCUT2D eigenvalue weighted by atomic mass is 10.0. The Balaban J connectivity index is 2.15. The molecule has 5 nitrogen and oxygen atoms in total. The van der Waals surface area contributed by atoms with E-state index >= 15 is 0 Å². The van der Waals surface area contributed by atoms with Gasteiger partial charge in [0.1, 0.15) is 5.60 Å². The zero-order valence-electron chi connectivity index (χ0n) is 11.2. The molecule has 0 bridgehead atoms. The second-order valence-corrected chi connectivity index (χ2v) is 5.48. The smallest absolute Gasteiger partial charge is 0.256 e. The van der Waals surface area contributed by atoms with Crippen molar-refractivity contribution >= 4 is 34.8 Å². The molecule has 1 fully saturated rings. The van der Waals surface area contributed by atoms with Gasteiger partial charge in [-0.25, -0.2) is 0 Å². The van der Waals surface area contributed by atoms with Gasteiger partial charge < -0.3 is 15.7 Å². The fourth-order valence-corrected chi connectivity index (χ4v) is 2.49. The van der Waals surface area contributed by atoms with E-state index in [-0.39, 0.29) is 5.91 Å². The third-order valence-corrected chi connectivity index (χ3v) is 3.72. The van der Waals surface area contributed by atoms with Crippen molar-refractivity contribution < 1.29 is 14.7 Å². The number of aliphatic hydroxyl groups is 1. The summed E-state index contributed by atoms with van der Waals surface area (Å²) in [4.78, 5) is 23.1. The standard InChI is InChI=1S/C14H17ClN2O3/c1-9(18)16-10-4-5-11(15)12(8-10)17-13(19)14(20)6-2-3-7-14/h4-5,8,20H,2-3,6-7H2,1H3,(H,16,18)(H,17,19). The highest BCUT2D eigenvalue weighted by Gasteiger charge is 2.38. The number of hydrogen-bond acceptors (Lipinski definition) is 3. The fourth-order valence-electron chi connectivity index (χ4n) is 2.33.